The number of nitrogens with zero attached hydrogens (tertiary/aromatic N) is 2. The minimum atomic E-state index is -1.15. The number of hydrogen-bond donors (Lipinski definition) is 3. The SMILES string of the molecule is CC[C@H](NC(=O)C(NC(=O)OCC1c2ccccc2-c2ccccc21)c1cnn(C)c1)C(=O)O. The number of amides is 2. The van der Waals surface area contributed by atoms with E-state index in [0.29, 0.717) is 5.56 Å². The minimum absolute atomic E-state index is 0.0912. The van der Waals surface area contributed by atoms with Gasteiger partial charge in [0.05, 0.1) is 6.20 Å². The van der Waals surface area contributed by atoms with Gasteiger partial charge in [-0.1, -0.05) is 55.5 Å². The summed E-state index contributed by atoms with van der Waals surface area (Å²) in [5.41, 5.74) is 4.78. The number of nitrogens with one attached hydrogen (secondary N) is 2. The third kappa shape index (κ3) is 4.63. The second-order valence-electron chi connectivity index (χ2n) is 8.16. The Labute approximate surface area is 196 Å². The normalized spacial score (nSPS) is 13.9. The molecule has 3 aromatic rings. The maximum atomic E-state index is 12.9. The van der Waals surface area contributed by atoms with E-state index in [4.69, 9.17) is 4.74 Å². The first-order chi connectivity index (χ1) is 16.4. The van der Waals surface area contributed by atoms with Crippen LogP contribution in [0.15, 0.2) is 60.9 Å². The zero-order valence-corrected chi connectivity index (χ0v) is 18.9. The molecule has 1 aromatic heterocycles. The molecule has 1 aliphatic rings. The number of aliphatic carboxylic acids is 1. The number of carboxylic acid groups (broad SMARTS) is 1. The van der Waals surface area contributed by atoms with Crippen LogP contribution in [0.3, 0.4) is 0 Å². The molecule has 3 N–H and O–H groups in total. The summed E-state index contributed by atoms with van der Waals surface area (Å²) in [7, 11) is 1.68. The van der Waals surface area contributed by atoms with Gasteiger partial charge in [0.2, 0.25) is 5.91 Å². The summed E-state index contributed by atoms with van der Waals surface area (Å²) in [5.74, 6) is -1.93. The van der Waals surface area contributed by atoms with Gasteiger partial charge in [-0.2, -0.15) is 5.10 Å². The third-order valence-corrected chi connectivity index (χ3v) is 5.95. The summed E-state index contributed by atoms with van der Waals surface area (Å²) < 4.78 is 7.04. The third-order valence-electron chi connectivity index (χ3n) is 5.95. The maximum Gasteiger partial charge on any atom is 0.408 e. The number of fused-ring (bicyclic) bond motifs is 3. The van der Waals surface area contributed by atoms with Crippen LogP contribution in [0.2, 0.25) is 0 Å². The van der Waals surface area contributed by atoms with Crippen molar-refractivity contribution in [3.63, 3.8) is 0 Å². The molecule has 4 rings (SSSR count). The lowest BCUT2D eigenvalue weighted by Gasteiger charge is -2.21. The van der Waals surface area contributed by atoms with Gasteiger partial charge in [-0.3, -0.25) is 9.48 Å². The molecule has 0 radical (unpaired) electrons. The molecule has 0 spiro atoms. The topological polar surface area (TPSA) is 123 Å². The number of rotatable bonds is 8. The zero-order valence-electron chi connectivity index (χ0n) is 18.9. The van der Waals surface area contributed by atoms with E-state index < -0.39 is 30.1 Å². The van der Waals surface area contributed by atoms with Crippen molar-refractivity contribution in [1.82, 2.24) is 20.4 Å². The fraction of sp³-hybridized carbons (Fsp3) is 0.280. The molecule has 1 unspecified atom stereocenters. The standard InChI is InChI=1S/C25H26N4O5/c1-3-21(24(31)32)27-23(30)22(15-12-26-29(2)13-15)28-25(33)34-14-20-18-10-6-4-8-16(18)17-9-5-7-11-19(17)20/h4-13,20-22H,3,14H2,1-2H3,(H,27,30)(H,28,33)(H,31,32)/t21-,22?/m0/s1. The number of aryl methyl sites for hydroxylation is 1. The predicted molar refractivity (Wildman–Crippen MR) is 124 cm³/mol. The number of benzene rings is 2. The summed E-state index contributed by atoms with van der Waals surface area (Å²) in [6.45, 7) is 1.74. The first kappa shape index (κ1) is 23.0. The van der Waals surface area contributed by atoms with Crippen LogP contribution in [-0.4, -0.2) is 45.5 Å². The number of carbonyl (C=O) groups excluding carboxylic acids is 2. The highest BCUT2D eigenvalue weighted by molar-refractivity contribution is 5.90. The van der Waals surface area contributed by atoms with Gasteiger partial charge in [0.25, 0.3) is 0 Å². The Morgan fingerprint density at radius 2 is 1.68 bits per heavy atom. The number of carboxylic acids is 1. The molecule has 0 bridgehead atoms. The van der Waals surface area contributed by atoms with Crippen molar-refractivity contribution >= 4 is 18.0 Å². The van der Waals surface area contributed by atoms with Gasteiger partial charge < -0.3 is 20.5 Å². The van der Waals surface area contributed by atoms with Crippen LogP contribution in [0.4, 0.5) is 4.79 Å². The van der Waals surface area contributed by atoms with Gasteiger partial charge in [-0.25, -0.2) is 9.59 Å². The highest BCUT2D eigenvalue weighted by Gasteiger charge is 2.31. The Kier molecular flexibility index (Phi) is 6.62. The molecular formula is C25H26N4O5. The van der Waals surface area contributed by atoms with Gasteiger partial charge in [0.1, 0.15) is 18.7 Å². The van der Waals surface area contributed by atoms with Crippen molar-refractivity contribution in [3.8, 4) is 11.1 Å². The maximum absolute atomic E-state index is 12.9. The number of carbonyl (C=O) groups is 3. The van der Waals surface area contributed by atoms with E-state index in [9.17, 15) is 19.5 Å². The van der Waals surface area contributed by atoms with Crippen molar-refractivity contribution in [3.05, 3.63) is 77.6 Å². The fourth-order valence-corrected chi connectivity index (χ4v) is 4.24. The first-order valence-electron chi connectivity index (χ1n) is 11.0. The van der Waals surface area contributed by atoms with Crippen molar-refractivity contribution in [2.75, 3.05) is 6.61 Å². The van der Waals surface area contributed by atoms with Crippen molar-refractivity contribution in [2.24, 2.45) is 7.05 Å². The van der Waals surface area contributed by atoms with Crippen LogP contribution in [0.1, 0.15) is 42.0 Å². The lowest BCUT2D eigenvalue weighted by Crippen LogP contribution is -2.47. The van der Waals surface area contributed by atoms with Gasteiger partial charge in [-0.05, 0) is 28.7 Å². The van der Waals surface area contributed by atoms with Gasteiger partial charge in [0, 0.05) is 24.7 Å². The van der Waals surface area contributed by atoms with Crippen molar-refractivity contribution < 1.29 is 24.2 Å². The Hall–Kier alpha value is -4.14. The molecule has 9 nitrogen and oxygen atoms in total. The quantitative estimate of drug-likeness (QED) is 0.473. The number of alkyl carbamates (subject to hydrolysis) is 1. The molecule has 2 atom stereocenters. The minimum Gasteiger partial charge on any atom is -0.480 e. The van der Waals surface area contributed by atoms with Gasteiger partial charge >= 0.3 is 12.1 Å². The molecule has 2 aromatic carbocycles. The van der Waals surface area contributed by atoms with Gasteiger partial charge in [0.15, 0.2) is 0 Å². The van der Waals surface area contributed by atoms with Crippen LogP contribution >= 0.6 is 0 Å². The summed E-state index contributed by atoms with van der Waals surface area (Å²) >= 11 is 0. The molecule has 1 aliphatic carbocycles. The number of ether oxygens (including phenoxy) is 1. The van der Waals surface area contributed by atoms with Crippen LogP contribution in [0.25, 0.3) is 11.1 Å². The first-order valence-corrected chi connectivity index (χ1v) is 11.0. The molecular weight excluding hydrogens is 436 g/mol. The number of aromatic nitrogens is 2. The fourth-order valence-electron chi connectivity index (χ4n) is 4.24. The van der Waals surface area contributed by atoms with Crippen LogP contribution < -0.4 is 10.6 Å². The summed E-state index contributed by atoms with van der Waals surface area (Å²) in [6, 6.07) is 13.8. The molecule has 0 fully saturated rings. The summed E-state index contributed by atoms with van der Waals surface area (Å²) in [6.07, 6.45) is 2.44. The zero-order chi connectivity index (χ0) is 24.2. The number of hydrogen-bond acceptors (Lipinski definition) is 5. The summed E-state index contributed by atoms with van der Waals surface area (Å²) in [5, 5.41) is 18.4. The molecule has 1 heterocycles. The summed E-state index contributed by atoms with van der Waals surface area (Å²) in [4.78, 5) is 37.0. The highest BCUT2D eigenvalue weighted by Crippen LogP contribution is 2.44. The van der Waals surface area contributed by atoms with E-state index in [0.717, 1.165) is 22.3 Å². The average Bonchev–Trinajstić information content (AvgIpc) is 3.40. The van der Waals surface area contributed by atoms with Crippen molar-refractivity contribution in [1.29, 1.82) is 0 Å². The molecule has 2 amide bonds. The van der Waals surface area contributed by atoms with E-state index in [2.05, 4.69) is 15.7 Å². The van der Waals surface area contributed by atoms with Gasteiger partial charge in [-0.15, -0.1) is 0 Å². The van der Waals surface area contributed by atoms with E-state index in [1.807, 2.05) is 48.5 Å². The molecule has 0 saturated heterocycles. The van der Waals surface area contributed by atoms with E-state index in [1.165, 1.54) is 10.9 Å². The highest BCUT2D eigenvalue weighted by atomic mass is 16.5. The van der Waals surface area contributed by atoms with Crippen LogP contribution in [-0.2, 0) is 21.4 Å². The average molecular weight is 463 g/mol. The Morgan fingerprint density at radius 3 is 2.21 bits per heavy atom. The van der Waals surface area contributed by atoms with E-state index in [1.54, 1.807) is 20.2 Å². The lowest BCUT2D eigenvalue weighted by atomic mass is 9.98. The molecule has 176 valence electrons. The van der Waals surface area contributed by atoms with Crippen LogP contribution in [0.5, 0.6) is 0 Å². The predicted octanol–water partition coefficient (Wildman–Crippen LogP) is 2.98. The molecule has 0 aliphatic heterocycles. The Bertz CT molecular complexity index is 1180. The second kappa shape index (κ2) is 9.78. The largest absolute Gasteiger partial charge is 0.480 e. The van der Waals surface area contributed by atoms with Crippen LogP contribution in [0, 0.1) is 0 Å². The lowest BCUT2D eigenvalue weighted by molar-refractivity contribution is -0.142. The molecule has 34 heavy (non-hydrogen) atoms. The Balaban J connectivity index is 1.48. The molecule has 0 saturated carbocycles. The van der Waals surface area contributed by atoms with E-state index in [-0.39, 0.29) is 18.9 Å². The second-order valence-corrected chi connectivity index (χ2v) is 8.16. The smallest absolute Gasteiger partial charge is 0.408 e. The monoisotopic (exact) mass is 462 g/mol. The Morgan fingerprint density at radius 1 is 1.06 bits per heavy atom. The van der Waals surface area contributed by atoms with Crippen molar-refractivity contribution in [2.45, 2.75) is 31.3 Å². The van der Waals surface area contributed by atoms with E-state index >= 15 is 0 Å². The molecule has 9 heteroatoms.